The molecule has 4 nitrogen and oxygen atoms in total. The number of hydrogen-bond acceptors (Lipinski definition) is 3. The quantitative estimate of drug-likeness (QED) is 0.703. The number of amides is 1. The number of halogens is 2. The fraction of sp³-hybridized carbons (Fsp3) is 0.364. The fourth-order valence-corrected chi connectivity index (χ4v) is 4.39. The topological polar surface area (TPSA) is 64.9 Å². The van der Waals surface area contributed by atoms with Crippen LogP contribution in [-0.4, -0.2) is 19.0 Å². The van der Waals surface area contributed by atoms with E-state index in [4.69, 9.17) is 5.26 Å². The molecule has 1 aliphatic rings. The van der Waals surface area contributed by atoms with Crippen molar-refractivity contribution in [2.24, 2.45) is 0 Å². The molecule has 1 aliphatic heterocycles. The molecule has 0 aliphatic carbocycles. The van der Waals surface area contributed by atoms with Gasteiger partial charge in [0, 0.05) is 17.4 Å². The molecule has 0 spiro atoms. The van der Waals surface area contributed by atoms with Crippen LogP contribution < -0.4 is 10.6 Å². The van der Waals surface area contributed by atoms with Gasteiger partial charge in [0.1, 0.15) is 5.82 Å². The Morgan fingerprint density at radius 2 is 1.93 bits per heavy atom. The highest BCUT2D eigenvalue weighted by Gasteiger charge is 2.34. The highest BCUT2D eigenvalue weighted by atomic mass is 79.9. The van der Waals surface area contributed by atoms with Crippen molar-refractivity contribution in [3.05, 3.63) is 69.4 Å². The Morgan fingerprint density at radius 3 is 2.61 bits per heavy atom. The highest BCUT2D eigenvalue weighted by Crippen LogP contribution is 2.38. The zero-order valence-corrected chi connectivity index (χ0v) is 17.2. The third-order valence-electron chi connectivity index (χ3n) is 5.42. The number of piperidine rings is 1. The smallest absolute Gasteiger partial charge is 0.220 e. The van der Waals surface area contributed by atoms with Crippen molar-refractivity contribution in [3.63, 3.8) is 0 Å². The maximum atomic E-state index is 13.3. The number of carbonyl (C=O) groups is 1. The average molecular weight is 444 g/mol. The molecule has 1 amide bonds. The van der Waals surface area contributed by atoms with Gasteiger partial charge in [-0.25, -0.2) is 4.39 Å². The summed E-state index contributed by atoms with van der Waals surface area (Å²) < 4.78 is 14.2. The molecule has 0 aromatic heterocycles. The van der Waals surface area contributed by atoms with Gasteiger partial charge in [0.25, 0.3) is 0 Å². The van der Waals surface area contributed by atoms with Crippen LogP contribution in [0.2, 0.25) is 0 Å². The minimum Gasteiger partial charge on any atom is -0.352 e. The van der Waals surface area contributed by atoms with E-state index >= 15 is 0 Å². The molecule has 2 aromatic carbocycles. The Morgan fingerprint density at radius 1 is 1.21 bits per heavy atom. The molecule has 0 atom stereocenters. The summed E-state index contributed by atoms with van der Waals surface area (Å²) in [5.41, 5.74) is 2.45. The van der Waals surface area contributed by atoms with Crippen LogP contribution >= 0.6 is 15.9 Å². The van der Waals surface area contributed by atoms with Gasteiger partial charge in [-0.1, -0.05) is 28.1 Å². The lowest BCUT2D eigenvalue weighted by atomic mass is 9.70. The van der Waals surface area contributed by atoms with Gasteiger partial charge in [0.15, 0.2) is 0 Å². The number of nitrogens with one attached hydrogen (secondary N) is 2. The summed E-state index contributed by atoms with van der Waals surface area (Å²) in [6.07, 6.45) is 3.01. The molecule has 2 N–H and O–H groups in total. The second-order valence-electron chi connectivity index (χ2n) is 7.27. The van der Waals surface area contributed by atoms with Crippen LogP contribution in [0.15, 0.2) is 46.9 Å². The molecule has 3 rings (SSSR count). The van der Waals surface area contributed by atoms with Crippen LogP contribution in [0.3, 0.4) is 0 Å². The van der Waals surface area contributed by atoms with Crippen molar-refractivity contribution < 1.29 is 9.18 Å². The molecule has 146 valence electrons. The average Bonchev–Trinajstić information content (AvgIpc) is 2.71. The molecule has 6 heteroatoms. The lowest BCUT2D eigenvalue weighted by Crippen LogP contribution is -2.40. The van der Waals surface area contributed by atoms with Gasteiger partial charge in [-0.15, -0.1) is 0 Å². The maximum Gasteiger partial charge on any atom is 0.220 e. The minimum atomic E-state index is -0.240. The number of nitriles is 1. The molecule has 1 heterocycles. The van der Waals surface area contributed by atoms with Crippen molar-refractivity contribution in [2.45, 2.75) is 37.6 Å². The normalized spacial score (nSPS) is 15.6. The number of rotatable bonds is 6. The highest BCUT2D eigenvalue weighted by molar-refractivity contribution is 9.10. The number of hydrogen-bond donors (Lipinski definition) is 2. The lowest BCUT2D eigenvalue weighted by molar-refractivity contribution is -0.121. The molecule has 1 fully saturated rings. The van der Waals surface area contributed by atoms with E-state index in [0.717, 1.165) is 48.0 Å². The number of nitrogens with zero attached hydrogens (tertiary/aromatic N) is 1. The van der Waals surface area contributed by atoms with Crippen LogP contribution in [0.4, 0.5) is 4.39 Å². The molecular weight excluding hydrogens is 421 g/mol. The Hall–Kier alpha value is -2.23. The van der Waals surface area contributed by atoms with Crippen LogP contribution in [-0.2, 0) is 16.8 Å². The molecule has 0 bridgehead atoms. The first-order valence-electron chi connectivity index (χ1n) is 9.44. The predicted molar refractivity (Wildman–Crippen MR) is 110 cm³/mol. The largest absolute Gasteiger partial charge is 0.352 e. The summed E-state index contributed by atoms with van der Waals surface area (Å²) in [5.74, 6) is -0.255. The van der Waals surface area contributed by atoms with Crippen molar-refractivity contribution >= 4 is 21.8 Å². The van der Waals surface area contributed by atoms with Gasteiger partial charge >= 0.3 is 0 Å². The van der Waals surface area contributed by atoms with Gasteiger partial charge in [-0.05, 0) is 79.2 Å². The summed E-state index contributed by atoms with van der Waals surface area (Å²) >= 11 is 3.39. The summed E-state index contributed by atoms with van der Waals surface area (Å²) in [5, 5.41) is 15.4. The molecule has 1 saturated heterocycles. The molecule has 0 unspecified atom stereocenters. The summed E-state index contributed by atoms with van der Waals surface area (Å²) in [4.78, 5) is 12.5. The van der Waals surface area contributed by atoms with E-state index in [-0.39, 0.29) is 17.1 Å². The predicted octanol–water partition coefficient (Wildman–Crippen LogP) is 4.18. The van der Waals surface area contributed by atoms with Crippen molar-refractivity contribution in [3.8, 4) is 6.07 Å². The Kier molecular flexibility index (Phi) is 6.82. The van der Waals surface area contributed by atoms with E-state index in [0.29, 0.717) is 18.5 Å². The van der Waals surface area contributed by atoms with Gasteiger partial charge in [0.2, 0.25) is 5.91 Å². The zero-order valence-electron chi connectivity index (χ0n) is 15.6. The van der Waals surface area contributed by atoms with E-state index in [1.54, 1.807) is 12.1 Å². The third kappa shape index (κ3) is 5.18. The molecule has 28 heavy (non-hydrogen) atoms. The number of carbonyl (C=O) groups excluding carboxylic acids is 1. The maximum absolute atomic E-state index is 13.3. The molecule has 0 saturated carbocycles. The first-order valence-corrected chi connectivity index (χ1v) is 10.2. The SMILES string of the molecule is N#Cc1cc(Br)cc(CNC(=O)CCC2(c3ccc(F)cc3)CCNCC2)c1. The van der Waals surface area contributed by atoms with Crippen molar-refractivity contribution in [1.82, 2.24) is 10.6 Å². The third-order valence-corrected chi connectivity index (χ3v) is 5.88. The monoisotopic (exact) mass is 443 g/mol. The van der Waals surface area contributed by atoms with Crippen LogP contribution in [0.25, 0.3) is 0 Å². The van der Waals surface area contributed by atoms with Crippen molar-refractivity contribution in [1.29, 1.82) is 5.26 Å². The van der Waals surface area contributed by atoms with Gasteiger partial charge in [0.05, 0.1) is 11.6 Å². The first kappa shape index (κ1) is 20.5. The van der Waals surface area contributed by atoms with Crippen LogP contribution in [0.5, 0.6) is 0 Å². The van der Waals surface area contributed by atoms with Crippen LogP contribution in [0, 0.1) is 17.1 Å². The molecular formula is C22H23BrFN3O. The zero-order chi connectivity index (χ0) is 20.0. The molecule has 0 radical (unpaired) electrons. The standard InChI is InChI=1S/C22H23BrFN3O/c23-19-12-16(14-25)11-17(13-19)15-27-21(28)5-6-22(7-9-26-10-8-22)18-1-3-20(24)4-2-18/h1-4,11-13,26H,5-10,15H2,(H,27,28). The lowest BCUT2D eigenvalue weighted by Gasteiger charge is -2.38. The summed E-state index contributed by atoms with van der Waals surface area (Å²) in [6.45, 7) is 2.18. The second-order valence-corrected chi connectivity index (χ2v) is 8.19. The Labute approximate surface area is 173 Å². The van der Waals surface area contributed by atoms with Crippen molar-refractivity contribution in [2.75, 3.05) is 13.1 Å². The first-order chi connectivity index (χ1) is 13.5. The second kappa shape index (κ2) is 9.31. The van der Waals surface area contributed by atoms with E-state index in [1.807, 2.05) is 18.2 Å². The number of benzene rings is 2. The van der Waals surface area contributed by atoms with E-state index in [9.17, 15) is 9.18 Å². The van der Waals surface area contributed by atoms with E-state index in [1.165, 1.54) is 12.1 Å². The summed E-state index contributed by atoms with van der Waals surface area (Å²) in [6, 6.07) is 14.2. The van der Waals surface area contributed by atoms with Gasteiger partial charge in [-0.3, -0.25) is 4.79 Å². The fourth-order valence-electron chi connectivity index (χ4n) is 3.85. The Bertz CT molecular complexity index is 870. The molecule has 2 aromatic rings. The van der Waals surface area contributed by atoms with Gasteiger partial charge in [-0.2, -0.15) is 5.26 Å². The van der Waals surface area contributed by atoms with Crippen LogP contribution in [0.1, 0.15) is 42.4 Å². The Balaban J connectivity index is 1.62. The van der Waals surface area contributed by atoms with E-state index < -0.39 is 0 Å². The van der Waals surface area contributed by atoms with Gasteiger partial charge < -0.3 is 10.6 Å². The van der Waals surface area contributed by atoms with E-state index in [2.05, 4.69) is 32.6 Å². The summed E-state index contributed by atoms with van der Waals surface area (Å²) in [7, 11) is 0. The minimum absolute atomic E-state index is 0.0153.